The van der Waals surface area contributed by atoms with E-state index < -0.39 is 0 Å². The molecule has 0 spiro atoms. The van der Waals surface area contributed by atoms with Crippen molar-refractivity contribution in [2.75, 3.05) is 11.1 Å². The normalized spacial score (nSPS) is 10.7. The van der Waals surface area contributed by atoms with Gasteiger partial charge in [-0.15, -0.1) is 10.2 Å². The lowest BCUT2D eigenvalue weighted by Crippen LogP contribution is -2.15. The maximum absolute atomic E-state index is 12.5. The lowest BCUT2D eigenvalue weighted by Gasteiger charge is -2.11. The van der Waals surface area contributed by atoms with Gasteiger partial charge in [-0.3, -0.25) is 9.36 Å². The molecule has 0 fully saturated rings. The largest absolute Gasteiger partial charge is 0.325 e. The number of hydrogen-bond donors (Lipinski definition) is 1. The highest BCUT2D eigenvalue weighted by Gasteiger charge is 2.16. The zero-order chi connectivity index (χ0) is 20.8. The van der Waals surface area contributed by atoms with Gasteiger partial charge in [-0.05, 0) is 30.2 Å². The number of thioether (sulfide) groups is 1. The third kappa shape index (κ3) is 4.96. The van der Waals surface area contributed by atoms with E-state index in [1.54, 1.807) is 0 Å². The van der Waals surface area contributed by atoms with Crippen molar-refractivity contribution in [3.8, 4) is 11.4 Å². The SMILES string of the molecule is Cc1cccc(NC(=O)CSc2nnc(-c3ccccc3)n2Cc2ccccc2)c1. The average Bonchev–Trinajstić information content (AvgIpc) is 3.16. The zero-order valence-electron chi connectivity index (χ0n) is 16.7. The highest BCUT2D eigenvalue weighted by atomic mass is 32.2. The molecule has 0 unspecified atom stereocenters. The molecule has 0 saturated heterocycles. The Hall–Kier alpha value is -3.38. The summed E-state index contributed by atoms with van der Waals surface area (Å²) >= 11 is 1.39. The number of nitrogens with one attached hydrogen (secondary N) is 1. The number of amides is 1. The molecule has 1 heterocycles. The number of carbonyl (C=O) groups is 1. The summed E-state index contributed by atoms with van der Waals surface area (Å²) in [6, 6.07) is 27.9. The van der Waals surface area contributed by atoms with Crippen molar-refractivity contribution in [1.29, 1.82) is 0 Å². The van der Waals surface area contributed by atoms with Crippen molar-refractivity contribution in [2.24, 2.45) is 0 Å². The first kappa shape index (κ1) is 19.9. The van der Waals surface area contributed by atoms with Gasteiger partial charge in [-0.2, -0.15) is 0 Å². The van der Waals surface area contributed by atoms with Crippen LogP contribution in [0.25, 0.3) is 11.4 Å². The van der Waals surface area contributed by atoms with Crippen molar-refractivity contribution in [3.05, 3.63) is 96.1 Å². The van der Waals surface area contributed by atoms with Crippen LogP contribution in [0.4, 0.5) is 5.69 Å². The second-order valence-corrected chi connectivity index (χ2v) is 7.89. The topological polar surface area (TPSA) is 59.8 Å². The van der Waals surface area contributed by atoms with Gasteiger partial charge in [0.15, 0.2) is 11.0 Å². The molecule has 0 aliphatic rings. The summed E-state index contributed by atoms with van der Waals surface area (Å²) < 4.78 is 2.06. The molecular formula is C24H22N4OS. The van der Waals surface area contributed by atoms with Crippen LogP contribution in [-0.2, 0) is 11.3 Å². The van der Waals surface area contributed by atoms with Crippen LogP contribution in [0, 0.1) is 6.92 Å². The van der Waals surface area contributed by atoms with Gasteiger partial charge in [0.2, 0.25) is 5.91 Å². The minimum atomic E-state index is -0.0684. The van der Waals surface area contributed by atoms with Gasteiger partial charge < -0.3 is 5.32 Å². The van der Waals surface area contributed by atoms with Crippen molar-refractivity contribution < 1.29 is 4.79 Å². The fourth-order valence-corrected chi connectivity index (χ4v) is 3.89. The van der Waals surface area contributed by atoms with Crippen molar-refractivity contribution in [2.45, 2.75) is 18.6 Å². The van der Waals surface area contributed by atoms with Crippen LogP contribution in [0.2, 0.25) is 0 Å². The average molecular weight is 415 g/mol. The third-order valence-electron chi connectivity index (χ3n) is 4.57. The molecule has 1 N–H and O–H groups in total. The fraction of sp³-hybridized carbons (Fsp3) is 0.125. The number of anilines is 1. The molecule has 3 aromatic carbocycles. The van der Waals surface area contributed by atoms with Crippen LogP contribution < -0.4 is 5.32 Å². The summed E-state index contributed by atoms with van der Waals surface area (Å²) in [5.41, 5.74) is 4.06. The molecule has 0 radical (unpaired) electrons. The monoisotopic (exact) mass is 414 g/mol. The minimum absolute atomic E-state index is 0.0684. The second-order valence-electron chi connectivity index (χ2n) is 6.95. The molecule has 150 valence electrons. The Labute approximate surface area is 180 Å². The van der Waals surface area contributed by atoms with Gasteiger partial charge in [0.1, 0.15) is 0 Å². The summed E-state index contributed by atoms with van der Waals surface area (Å²) in [5, 5.41) is 12.5. The van der Waals surface area contributed by atoms with Crippen LogP contribution in [0.15, 0.2) is 90.1 Å². The number of nitrogens with zero attached hydrogens (tertiary/aromatic N) is 3. The quantitative estimate of drug-likeness (QED) is 0.431. The molecule has 0 aliphatic heterocycles. The summed E-state index contributed by atoms with van der Waals surface area (Å²) in [6.07, 6.45) is 0. The molecule has 4 aromatic rings. The number of aryl methyl sites for hydroxylation is 1. The van der Waals surface area contributed by atoms with E-state index in [1.165, 1.54) is 11.8 Å². The summed E-state index contributed by atoms with van der Waals surface area (Å²) in [6.45, 7) is 2.64. The first-order valence-corrected chi connectivity index (χ1v) is 10.7. The zero-order valence-corrected chi connectivity index (χ0v) is 17.5. The Bertz CT molecular complexity index is 1130. The van der Waals surface area contributed by atoms with E-state index in [0.29, 0.717) is 6.54 Å². The van der Waals surface area contributed by atoms with Crippen LogP contribution in [0.5, 0.6) is 0 Å². The molecule has 1 aromatic heterocycles. The van der Waals surface area contributed by atoms with E-state index in [4.69, 9.17) is 0 Å². The Morgan fingerprint density at radius 1 is 0.933 bits per heavy atom. The molecule has 0 aliphatic carbocycles. The standard InChI is InChI=1S/C24H22N4OS/c1-18-9-8-14-21(15-18)25-22(29)17-30-24-27-26-23(20-12-6-3-7-13-20)28(24)16-19-10-4-2-5-11-19/h2-15H,16-17H2,1H3,(H,25,29). The van der Waals surface area contributed by atoms with Crippen LogP contribution in [-0.4, -0.2) is 26.4 Å². The van der Waals surface area contributed by atoms with E-state index in [9.17, 15) is 4.79 Å². The highest BCUT2D eigenvalue weighted by Crippen LogP contribution is 2.25. The fourth-order valence-electron chi connectivity index (χ4n) is 3.15. The van der Waals surface area contributed by atoms with Gasteiger partial charge in [-0.25, -0.2) is 0 Å². The smallest absolute Gasteiger partial charge is 0.234 e. The predicted molar refractivity (Wildman–Crippen MR) is 122 cm³/mol. The second kappa shape index (κ2) is 9.41. The minimum Gasteiger partial charge on any atom is -0.325 e. The molecule has 0 atom stereocenters. The van der Waals surface area contributed by atoms with Gasteiger partial charge in [0.25, 0.3) is 0 Å². The lowest BCUT2D eigenvalue weighted by molar-refractivity contribution is -0.113. The summed E-state index contributed by atoms with van der Waals surface area (Å²) in [4.78, 5) is 12.5. The first-order chi connectivity index (χ1) is 14.7. The molecule has 30 heavy (non-hydrogen) atoms. The third-order valence-corrected chi connectivity index (χ3v) is 5.53. The maximum atomic E-state index is 12.5. The molecule has 0 bridgehead atoms. The number of aromatic nitrogens is 3. The highest BCUT2D eigenvalue weighted by molar-refractivity contribution is 7.99. The summed E-state index contributed by atoms with van der Waals surface area (Å²) in [7, 11) is 0. The molecular weight excluding hydrogens is 392 g/mol. The van der Waals surface area contributed by atoms with E-state index in [1.807, 2.05) is 79.7 Å². The molecule has 1 amide bonds. The van der Waals surface area contributed by atoms with E-state index >= 15 is 0 Å². The van der Waals surface area contributed by atoms with Crippen molar-refractivity contribution >= 4 is 23.4 Å². The molecule has 5 nitrogen and oxygen atoms in total. The Kier molecular flexibility index (Phi) is 6.25. The van der Waals surface area contributed by atoms with Gasteiger partial charge >= 0.3 is 0 Å². The first-order valence-electron chi connectivity index (χ1n) is 9.71. The van der Waals surface area contributed by atoms with Gasteiger partial charge in [0, 0.05) is 11.3 Å². The molecule has 6 heteroatoms. The molecule has 4 rings (SSSR count). The Morgan fingerprint density at radius 3 is 2.40 bits per heavy atom. The Balaban J connectivity index is 1.53. The van der Waals surface area contributed by atoms with E-state index in [2.05, 4.69) is 32.2 Å². The molecule has 0 saturated carbocycles. The summed E-state index contributed by atoms with van der Waals surface area (Å²) in [5.74, 6) is 0.984. The van der Waals surface area contributed by atoms with Crippen LogP contribution >= 0.6 is 11.8 Å². The van der Waals surface area contributed by atoms with E-state index in [0.717, 1.165) is 33.4 Å². The number of hydrogen-bond acceptors (Lipinski definition) is 4. The number of carbonyl (C=O) groups excluding carboxylic acids is 1. The van der Waals surface area contributed by atoms with Crippen LogP contribution in [0.1, 0.15) is 11.1 Å². The van der Waals surface area contributed by atoms with Crippen LogP contribution in [0.3, 0.4) is 0 Å². The predicted octanol–water partition coefficient (Wildman–Crippen LogP) is 5.03. The van der Waals surface area contributed by atoms with Crippen molar-refractivity contribution in [1.82, 2.24) is 14.8 Å². The maximum Gasteiger partial charge on any atom is 0.234 e. The lowest BCUT2D eigenvalue weighted by atomic mass is 10.2. The van der Waals surface area contributed by atoms with Gasteiger partial charge in [-0.1, -0.05) is 84.6 Å². The Morgan fingerprint density at radius 2 is 1.67 bits per heavy atom. The number of rotatable bonds is 7. The van der Waals surface area contributed by atoms with Gasteiger partial charge in [0.05, 0.1) is 12.3 Å². The van der Waals surface area contributed by atoms with Crippen molar-refractivity contribution in [3.63, 3.8) is 0 Å². The van der Waals surface area contributed by atoms with E-state index in [-0.39, 0.29) is 11.7 Å². The number of benzene rings is 3.